The predicted octanol–water partition coefficient (Wildman–Crippen LogP) is 4.54. The van der Waals surface area contributed by atoms with E-state index < -0.39 is 11.8 Å². The van der Waals surface area contributed by atoms with Crippen molar-refractivity contribution >= 4 is 5.78 Å². The van der Waals surface area contributed by atoms with Gasteiger partial charge in [0.2, 0.25) is 0 Å². The van der Waals surface area contributed by atoms with Gasteiger partial charge in [-0.25, -0.2) is 4.39 Å². The molecule has 0 amide bonds. The molecule has 0 aromatic carbocycles. The lowest BCUT2D eigenvalue weighted by Crippen LogP contribution is -2.54. The van der Waals surface area contributed by atoms with E-state index in [-0.39, 0.29) is 17.3 Å². The van der Waals surface area contributed by atoms with Gasteiger partial charge in [0.05, 0.1) is 5.60 Å². The molecule has 136 valence electrons. The van der Waals surface area contributed by atoms with Crippen LogP contribution in [0.2, 0.25) is 0 Å². The Morgan fingerprint density at radius 1 is 1.00 bits per heavy atom. The summed E-state index contributed by atoms with van der Waals surface area (Å²) in [7, 11) is 0. The topological polar surface area (TPSA) is 37.3 Å². The molecule has 4 rings (SSSR count). The summed E-state index contributed by atoms with van der Waals surface area (Å²) >= 11 is 0. The van der Waals surface area contributed by atoms with Crippen LogP contribution in [0.5, 0.6) is 0 Å². The average molecular weight is 336 g/mol. The third-order valence-electron chi connectivity index (χ3n) is 8.74. The van der Waals surface area contributed by atoms with Gasteiger partial charge in [-0.1, -0.05) is 6.92 Å². The van der Waals surface area contributed by atoms with Gasteiger partial charge >= 0.3 is 0 Å². The van der Waals surface area contributed by atoms with E-state index >= 15 is 4.39 Å². The molecular formula is C21H33FO2. The van der Waals surface area contributed by atoms with Gasteiger partial charge in [-0.3, -0.25) is 4.79 Å². The Morgan fingerprint density at radius 2 is 1.67 bits per heavy atom. The Labute approximate surface area is 145 Å². The van der Waals surface area contributed by atoms with Crippen LogP contribution in [0.15, 0.2) is 0 Å². The molecule has 0 saturated heterocycles. The van der Waals surface area contributed by atoms with Crippen LogP contribution in [0.25, 0.3) is 0 Å². The van der Waals surface area contributed by atoms with Crippen molar-refractivity contribution in [2.75, 3.05) is 0 Å². The molecule has 0 spiro atoms. The maximum absolute atomic E-state index is 15.1. The zero-order valence-electron chi connectivity index (χ0n) is 15.4. The van der Waals surface area contributed by atoms with Gasteiger partial charge < -0.3 is 5.11 Å². The number of carbonyl (C=O) groups excluding carboxylic acids is 1. The van der Waals surface area contributed by atoms with Crippen LogP contribution >= 0.6 is 0 Å². The second kappa shape index (κ2) is 5.53. The number of rotatable bonds is 1. The number of ketones is 1. The molecule has 4 fully saturated rings. The van der Waals surface area contributed by atoms with Gasteiger partial charge in [0, 0.05) is 5.92 Å². The smallest absolute Gasteiger partial charge is 0.133 e. The highest BCUT2D eigenvalue weighted by Crippen LogP contribution is 2.64. The van der Waals surface area contributed by atoms with E-state index in [0.717, 1.165) is 38.5 Å². The van der Waals surface area contributed by atoms with Gasteiger partial charge in [-0.2, -0.15) is 0 Å². The summed E-state index contributed by atoms with van der Waals surface area (Å²) in [4.78, 5) is 12.1. The van der Waals surface area contributed by atoms with Crippen molar-refractivity contribution in [1.29, 1.82) is 0 Å². The highest BCUT2D eigenvalue weighted by atomic mass is 19.1. The lowest BCUT2D eigenvalue weighted by molar-refractivity contribution is -0.137. The highest BCUT2D eigenvalue weighted by Gasteiger charge is 2.60. The van der Waals surface area contributed by atoms with Gasteiger partial charge in [0.25, 0.3) is 0 Å². The summed E-state index contributed by atoms with van der Waals surface area (Å²) in [5, 5.41) is 10.4. The van der Waals surface area contributed by atoms with Gasteiger partial charge in [-0.15, -0.1) is 0 Å². The standard InChI is InChI=1S/C21H33FO2/c1-12(23)17-4-5-18-15-10-19(22)16-11-20(2,24)8-6-14(16)13(15)7-9-21(17,18)3/h13-19,24H,4-11H2,1-3H3/t13?,14?,15?,16?,17?,18?,19?,20-,21?/m0/s1. The maximum atomic E-state index is 15.1. The minimum atomic E-state index is -0.762. The minimum Gasteiger partial charge on any atom is -0.390 e. The van der Waals surface area contributed by atoms with E-state index in [9.17, 15) is 9.90 Å². The molecular weight excluding hydrogens is 303 g/mol. The van der Waals surface area contributed by atoms with E-state index in [1.165, 1.54) is 0 Å². The zero-order chi connectivity index (χ0) is 17.3. The quantitative estimate of drug-likeness (QED) is 0.763. The molecule has 1 N–H and O–H groups in total. The normalized spacial score (nSPS) is 57.0. The SMILES string of the molecule is CC(=O)C1CCC2C3CC(F)C4C[C@@](C)(O)CCC4C3CCC12C. The molecule has 4 aliphatic carbocycles. The van der Waals surface area contributed by atoms with E-state index in [1.54, 1.807) is 6.92 Å². The number of alkyl halides is 1. The van der Waals surface area contributed by atoms with Crippen LogP contribution < -0.4 is 0 Å². The fraction of sp³-hybridized carbons (Fsp3) is 0.952. The fourth-order valence-corrected chi connectivity index (χ4v) is 7.67. The Morgan fingerprint density at radius 3 is 2.38 bits per heavy atom. The van der Waals surface area contributed by atoms with Crippen LogP contribution in [0, 0.1) is 40.9 Å². The van der Waals surface area contributed by atoms with Crippen molar-refractivity contribution in [3.63, 3.8) is 0 Å². The molecule has 0 aromatic rings. The molecule has 0 aliphatic heterocycles. The predicted molar refractivity (Wildman–Crippen MR) is 92.2 cm³/mol. The first-order valence-electron chi connectivity index (χ1n) is 10.1. The summed E-state index contributed by atoms with van der Waals surface area (Å²) in [6, 6.07) is 0. The second-order valence-corrected chi connectivity index (χ2v) is 10.0. The number of aliphatic hydroxyl groups is 1. The van der Waals surface area contributed by atoms with Crippen LogP contribution in [0.1, 0.15) is 72.1 Å². The molecule has 8 unspecified atom stereocenters. The Balaban J connectivity index is 1.60. The van der Waals surface area contributed by atoms with Gasteiger partial charge in [0.15, 0.2) is 0 Å². The number of fused-ring (bicyclic) bond motifs is 5. The van der Waals surface area contributed by atoms with Crippen molar-refractivity contribution in [2.45, 2.75) is 83.9 Å². The Bertz CT molecular complexity index is 530. The second-order valence-electron chi connectivity index (χ2n) is 10.0. The molecule has 0 aromatic heterocycles. The van der Waals surface area contributed by atoms with Crippen LogP contribution in [0.4, 0.5) is 4.39 Å². The van der Waals surface area contributed by atoms with Gasteiger partial charge in [-0.05, 0) is 100 Å². The number of carbonyl (C=O) groups is 1. The highest BCUT2D eigenvalue weighted by molar-refractivity contribution is 5.79. The lowest BCUT2D eigenvalue weighted by atomic mass is 9.48. The van der Waals surface area contributed by atoms with Crippen molar-refractivity contribution in [2.24, 2.45) is 40.9 Å². The fourth-order valence-electron chi connectivity index (χ4n) is 7.67. The van der Waals surface area contributed by atoms with Crippen molar-refractivity contribution in [3.05, 3.63) is 0 Å². The lowest BCUT2D eigenvalue weighted by Gasteiger charge is -2.57. The van der Waals surface area contributed by atoms with E-state index in [2.05, 4.69) is 6.92 Å². The van der Waals surface area contributed by atoms with Crippen LogP contribution in [-0.4, -0.2) is 22.7 Å². The number of Topliss-reactive ketones (excluding diaryl/α,β-unsaturated/α-hetero) is 1. The third kappa shape index (κ3) is 2.40. The van der Waals surface area contributed by atoms with E-state index in [4.69, 9.17) is 0 Å². The Hall–Kier alpha value is -0.440. The van der Waals surface area contributed by atoms with E-state index in [0.29, 0.717) is 42.3 Å². The van der Waals surface area contributed by atoms with Crippen molar-refractivity contribution in [3.8, 4) is 0 Å². The average Bonchev–Trinajstić information content (AvgIpc) is 2.85. The monoisotopic (exact) mass is 336 g/mol. The van der Waals surface area contributed by atoms with Crippen molar-refractivity contribution < 1.29 is 14.3 Å². The largest absolute Gasteiger partial charge is 0.390 e. The summed E-state index contributed by atoms with van der Waals surface area (Å²) in [6.07, 6.45) is 6.79. The summed E-state index contributed by atoms with van der Waals surface area (Å²) in [5.74, 6) is 2.69. The number of hydrogen-bond acceptors (Lipinski definition) is 2. The molecule has 2 nitrogen and oxygen atoms in total. The van der Waals surface area contributed by atoms with Gasteiger partial charge in [0.1, 0.15) is 12.0 Å². The molecule has 4 aliphatic rings. The molecule has 9 atom stereocenters. The summed E-state index contributed by atoms with van der Waals surface area (Å²) < 4.78 is 15.1. The zero-order valence-corrected chi connectivity index (χ0v) is 15.4. The first-order chi connectivity index (χ1) is 11.2. The summed E-state index contributed by atoms with van der Waals surface area (Å²) in [5.41, 5.74) is -0.561. The van der Waals surface area contributed by atoms with Crippen molar-refractivity contribution in [1.82, 2.24) is 0 Å². The number of halogens is 1. The first kappa shape index (κ1) is 17.0. The third-order valence-corrected chi connectivity index (χ3v) is 8.74. The minimum absolute atomic E-state index is 0.0596. The summed E-state index contributed by atoms with van der Waals surface area (Å²) in [6.45, 7) is 5.95. The molecule has 0 heterocycles. The van der Waals surface area contributed by atoms with E-state index in [1.807, 2.05) is 6.92 Å². The van der Waals surface area contributed by atoms with Crippen LogP contribution in [-0.2, 0) is 4.79 Å². The Kier molecular flexibility index (Phi) is 3.91. The molecule has 0 radical (unpaired) electrons. The van der Waals surface area contributed by atoms with Crippen LogP contribution in [0.3, 0.4) is 0 Å². The molecule has 3 heteroatoms. The maximum Gasteiger partial charge on any atom is 0.133 e. The molecule has 0 bridgehead atoms. The first-order valence-corrected chi connectivity index (χ1v) is 10.1. The number of hydrogen-bond donors (Lipinski definition) is 1. The molecule has 4 saturated carbocycles. The molecule has 24 heavy (non-hydrogen) atoms.